The fourth-order valence-electron chi connectivity index (χ4n) is 5.61. The van der Waals surface area contributed by atoms with Crippen LogP contribution in [0.2, 0.25) is 5.02 Å². The minimum absolute atomic E-state index is 0.0840. The van der Waals surface area contributed by atoms with Crippen LogP contribution >= 0.6 is 11.6 Å². The molecule has 0 heterocycles. The van der Waals surface area contributed by atoms with Crippen molar-refractivity contribution in [3.63, 3.8) is 0 Å². The number of amides is 2. The Kier molecular flexibility index (Phi) is 12.3. The molecule has 0 unspecified atom stereocenters. The third-order valence-electron chi connectivity index (χ3n) is 8.48. The molecule has 0 saturated heterocycles. The molecule has 0 bridgehead atoms. The van der Waals surface area contributed by atoms with E-state index in [4.69, 9.17) is 11.6 Å². The van der Waals surface area contributed by atoms with Gasteiger partial charge in [-0.25, -0.2) is 8.42 Å². The molecule has 256 valence electrons. The van der Waals surface area contributed by atoms with Gasteiger partial charge in [0.2, 0.25) is 5.91 Å². The molecule has 0 aliphatic rings. The van der Waals surface area contributed by atoms with Crippen molar-refractivity contribution in [2.75, 3.05) is 0 Å². The molecule has 3 N–H and O–H groups in total. The molecule has 5 aromatic carbocycles. The summed E-state index contributed by atoms with van der Waals surface area (Å²) in [6.07, 6.45) is 2.65. The van der Waals surface area contributed by atoms with Crippen LogP contribution in [0, 0.1) is 0 Å². The number of sulfone groups is 1. The van der Waals surface area contributed by atoms with E-state index in [0.29, 0.717) is 29.8 Å². The van der Waals surface area contributed by atoms with Crippen LogP contribution in [0.4, 0.5) is 0 Å². The predicted molar refractivity (Wildman–Crippen MR) is 199 cm³/mol. The fraction of sp³-hybridized carbons (Fsp3) is 0.171. The van der Waals surface area contributed by atoms with Crippen LogP contribution < -0.4 is 10.6 Å². The molecule has 3 atom stereocenters. The van der Waals surface area contributed by atoms with Gasteiger partial charge >= 0.3 is 0 Å². The molecule has 0 aromatic heterocycles. The maximum atomic E-state index is 14.1. The average molecular weight is 707 g/mol. The largest absolute Gasteiger partial charge is 0.508 e. The standard InChI is InChI=1S/C41H39ClN2O5S/c1-29(31-10-4-2-5-11-31)28-39(44-40(46)33-21-19-32(20-22-33)37-14-8-9-15-38(37)42)41(47)43-34(23-16-30-17-24-35(45)25-18-30)26-27-50(48,49)36-12-6-3-7-13-36/h2-15,17-22,24-27,29,34,39,45H,16,23,28H2,1H3,(H,43,47)(H,44,46)/b27-26+/t29-,34-,39-/m0/s1. The Balaban J connectivity index is 1.38. The molecular weight excluding hydrogens is 668 g/mol. The van der Waals surface area contributed by atoms with Gasteiger partial charge in [-0.15, -0.1) is 0 Å². The summed E-state index contributed by atoms with van der Waals surface area (Å²) in [5.41, 5.74) is 4.00. The van der Waals surface area contributed by atoms with Crippen molar-refractivity contribution in [1.82, 2.24) is 10.6 Å². The molecule has 0 aliphatic heterocycles. The van der Waals surface area contributed by atoms with Crippen molar-refractivity contribution in [1.29, 1.82) is 0 Å². The van der Waals surface area contributed by atoms with E-state index in [-0.39, 0.29) is 16.6 Å². The van der Waals surface area contributed by atoms with Crippen molar-refractivity contribution in [3.8, 4) is 16.9 Å². The monoisotopic (exact) mass is 706 g/mol. The summed E-state index contributed by atoms with van der Waals surface area (Å²) in [5, 5.41) is 17.4. The number of nitrogens with one attached hydrogen (secondary N) is 2. The quantitative estimate of drug-likeness (QED) is 0.108. The Morgan fingerprint density at radius 3 is 2.06 bits per heavy atom. The van der Waals surface area contributed by atoms with E-state index in [1.165, 1.54) is 18.2 Å². The van der Waals surface area contributed by atoms with Crippen molar-refractivity contribution in [3.05, 3.63) is 167 Å². The van der Waals surface area contributed by atoms with Crippen molar-refractivity contribution in [2.24, 2.45) is 0 Å². The second-order valence-corrected chi connectivity index (χ2v) is 14.4. The molecule has 0 aliphatic carbocycles. The first-order valence-corrected chi connectivity index (χ1v) is 18.3. The summed E-state index contributed by atoms with van der Waals surface area (Å²) in [5.74, 6) is -0.804. The number of aromatic hydroxyl groups is 1. The highest BCUT2D eigenvalue weighted by Gasteiger charge is 2.26. The smallest absolute Gasteiger partial charge is 0.251 e. The Bertz CT molecular complexity index is 2020. The molecule has 5 aromatic rings. The zero-order chi connectivity index (χ0) is 35.5. The molecule has 2 amide bonds. The number of carbonyl (C=O) groups excluding carboxylic acids is 2. The van der Waals surface area contributed by atoms with Crippen LogP contribution in [0.25, 0.3) is 11.1 Å². The fourth-order valence-corrected chi connectivity index (χ4v) is 6.95. The number of hydrogen-bond donors (Lipinski definition) is 3. The van der Waals surface area contributed by atoms with Gasteiger partial charge in [-0.1, -0.05) is 116 Å². The summed E-state index contributed by atoms with van der Waals surface area (Å²) in [4.78, 5) is 27.8. The van der Waals surface area contributed by atoms with Gasteiger partial charge in [0.1, 0.15) is 11.8 Å². The van der Waals surface area contributed by atoms with Gasteiger partial charge in [0, 0.05) is 27.6 Å². The van der Waals surface area contributed by atoms with E-state index in [0.717, 1.165) is 27.7 Å². The van der Waals surface area contributed by atoms with Crippen molar-refractivity contribution in [2.45, 2.75) is 49.1 Å². The molecular formula is C41H39ClN2O5S. The van der Waals surface area contributed by atoms with Gasteiger partial charge in [0.15, 0.2) is 9.84 Å². The van der Waals surface area contributed by atoms with Crippen LogP contribution in [0.3, 0.4) is 0 Å². The minimum Gasteiger partial charge on any atom is -0.508 e. The number of halogens is 1. The van der Waals surface area contributed by atoms with Crippen LogP contribution in [-0.2, 0) is 21.1 Å². The molecule has 0 spiro atoms. The van der Waals surface area contributed by atoms with E-state index in [1.807, 2.05) is 67.6 Å². The molecule has 9 heteroatoms. The zero-order valence-corrected chi connectivity index (χ0v) is 29.1. The predicted octanol–water partition coefficient (Wildman–Crippen LogP) is 8.11. The number of phenolic OH excluding ortho intramolecular Hbond substituents is 1. The number of benzene rings is 5. The topological polar surface area (TPSA) is 113 Å². The normalized spacial score (nSPS) is 13.3. The highest BCUT2D eigenvalue weighted by atomic mass is 35.5. The summed E-state index contributed by atoms with van der Waals surface area (Å²) in [6.45, 7) is 1.99. The number of aryl methyl sites for hydroxylation is 1. The third kappa shape index (κ3) is 9.94. The Morgan fingerprint density at radius 2 is 1.40 bits per heavy atom. The highest BCUT2D eigenvalue weighted by molar-refractivity contribution is 7.94. The lowest BCUT2D eigenvalue weighted by Crippen LogP contribution is -2.50. The van der Waals surface area contributed by atoms with E-state index in [1.54, 1.807) is 60.7 Å². The lowest BCUT2D eigenvalue weighted by Gasteiger charge is -2.25. The first kappa shape index (κ1) is 36.1. The van der Waals surface area contributed by atoms with Crippen LogP contribution in [0.15, 0.2) is 150 Å². The summed E-state index contributed by atoms with van der Waals surface area (Å²) in [6, 6.07) is 37.4. The lowest BCUT2D eigenvalue weighted by molar-refractivity contribution is -0.123. The molecule has 50 heavy (non-hydrogen) atoms. The van der Waals surface area contributed by atoms with E-state index in [9.17, 15) is 23.1 Å². The van der Waals surface area contributed by atoms with Gasteiger partial charge < -0.3 is 15.7 Å². The molecule has 5 rings (SSSR count). The van der Waals surface area contributed by atoms with Crippen LogP contribution in [-0.4, -0.2) is 37.4 Å². The van der Waals surface area contributed by atoms with E-state index >= 15 is 0 Å². The number of carbonyl (C=O) groups is 2. The molecule has 0 saturated carbocycles. The SMILES string of the molecule is C[C@@H](C[C@H](NC(=O)c1ccc(-c2ccccc2Cl)cc1)C(=O)N[C@H](/C=C/S(=O)(=O)c1ccccc1)CCc1ccc(O)cc1)c1ccccc1. The zero-order valence-electron chi connectivity index (χ0n) is 27.6. The molecule has 0 fully saturated rings. The minimum atomic E-state index is -3.78. The number of phenols is 1. The Labute approximate surface area is 298 Å². The van der Waals surface area contributed by atoms with Crippen LogP contribution in [0.1, 0.15) is 47.2 Å². The number of hydrogen-bond acceptors (Lipinski definition) is 5. The highest BCUT2D eigenvalue weighted by Crippen LogP contribution is 2.28. The lowest BCUT2D eigenvalue weighted by atomic mass is 9.93. The third-order valence-corrected chi connectivity index (χ3v) is 10.3. The second kappa shape index (κ2) is 17.0. The summed E-state index contributed by atoms with van der Waals surface area (Å²) in [7, 11) is -3.78. The number of rotatable bonds is 14. The van der Waals surface area contributed by atoms with Gasteiger partial charge in [-0.3, -0.25) is 9.59 Å². The first-order chi connectivity index (χ1) is 24.1. The maximum Gasteiger partial charge on any atom is 0.251 e. The molecule has 7 nitrogen and oxygen atoms in total. The Hall–Kier alpha value is -5.18. The van der Waals surface area contributed by atoms with Gasteiger partial charge in [0.05, 0.1) is 4.90 Å². The summed E-state index contributed by atoms with van der Waals surface area (Å²) >= 11 is 6.38. The van der Waals surface area contributed by atoms with Crippen LogP contribution in [0.5, 0.6) is 5.75 Å². The maximum absolute atomic E-state index is 14.1. The second-order valence-electron chi connectivity index (χ2n) is 12.1. The van der Waals surface area contributed by atoms with Crippen molar-refractivity contribution >= 4 is 33.3 Å². The summed E-state index contributed by atoms with van der Waals surface area (Å²) < 4.78 is 26.2. The van der Waals surface area contributed by atoms with E-state index in [2.05, 4.69) is 10.6 Å². The Morgan fingerprint density at radius 1 is 0.780 bits per heavy atom. The first-order valence-electron chi connectivity index (χ1n) is 16.4. The van der Waals surface area contributed by atoms with Gasteiger partial charge in [0.25, 0.3) is 5.91 Å². The van der Waals surface area contributed by atoms with Gasteiger partial charge in [-0.2, -0.15) is 0 Å². The molecule has 0 radical (unpaired) electrons. The van der Waals surface area contributed by atoms with Gasteiger partial charge in [-0.05, 0) is 84.3 Å². The van der Waals surface area contributed by atoms with Crippen molar-refractivity contribution < 1.29 is 23.1 Å². The van der Waals surface area contributed by atoms with E-state index < -0.39 is 33.7 Å². The average Bonchev–Trinajstić information content (AvgIpc) is 3.14.